The maximum atomic E-state index is 12.5. The molecule has 1 aromatic heterocycles. The fraction of sp³-hybridized carbons (Fsp3) is 0.615. The molecule has 2 amide bonds. The van der Waals surface area contributed by atoms with Gasteiger partial charge in [-0.1, -0.05) is 11.3 Å². The van der Waals surface area contributed by atoms with Crippen LogP contribution in [0.15, 0.2) is 0 Å². The maximum absolute atomic E-state index is 12.5. The van der Waals surface area contributed by atoms with Gasteiger partial charge in [-0.25, -0.2) is 4.98 Å². The second-order valence-electron chi connectivity index (χ2n) is 5.14. The molecule has 21 heavy (non-hydrogen) atoms. The topological polar surface area (TPSA) is 91.6 Å². The highest BCUT2D eigenvalue weighted by atomic mass is 32.1. The van der Waals surface area contributed by atoms with Gasteiger partial charge in [-0.05, 0) is 20.8 Å². The first-order valence-corrected chi connectivity index (χ1v) is 7.60. The fourth-order valence-corrected chi connectivity index (χ4v) is 2.57. The number of thiazole rings is 1. The van der Waals surface area contributed by atoms with Crippen LogP contribution in [-0.4, -0.2) is 59.8 Å². The number of nitrogen functional groups attached to an aromatic ring is 1. The van der Waals surface area contributed by atoms with E-state index in [9.17, 15) is 9.59 Å². The van der Waals surface area contributed by atoms with Crippen molar-refractivity contribution >= 4 is 34.1 Å². The molecule has 0 aliphatic heterocycles. The highest BCUT2D eigenvalue weighted by Crippen LogP contribution is 2.26. The number of amides is 2. The Bertz CT molecular complexity index is 513. The van der Waals surface area contributed by atoms with E-state index in [0.29, 0.717) is 16.6 Å². The van der Waals surface area contributed by atoms with Crippen LogP contribution in [0.3, 0.4) is 0 Å². The average molecular weight is 313 g/mol. The number of aromatic nitrogens is 1. The predicted molar refractivity (Wildman–Crippen MR) is 85.6 cm³/mol. The van der Waals surface area contributed by atoms with Crippen LogP contribution in [0.4, 0.5) is 10.9 Å². The van der Waals surface area contributed by atoms with Gasteiger partial charge in [0.15, 0.2) is 5.13 Å². The Hall–Kier alpha value is -1.83. The van der Waals surface area contributed by atoms with Gasteiger partial charge in [0.2, 0.25) is 5.91 Å². The van der Waals surface area contributed by atoms with Crippen LogP contribution in [0.1, 0.15) is 30.4 Å². The molecule has 0 spiro atoms. The van der Waals surface area contributed by atoms with Crippen LogP contribution in [0, 0.1) is 0 Å². The quantitative estimate of drug-likeness (QED) is 0.820. The summed E-state index contributed by atoms with van der Waals surface area (Å²) >= 11 is 1.21. The Kier molecular flexibility index (Phi) is 5.95. The Morgan fingerprint density at radius 3 is 2.48 bits per heavy atom. The SMILES string of the molecule is CCN(CC(=O)N(C)C)C(=O)c1sc(NC(C)C)nc1N. The summed E-state index contributed by atoms with van der Waals surface area (Å²) in [5, 5.41) is 3.73. The van der Waals surface area contributed by atoms with Crippen LogP contribution in [0.25, 0.3) is 0 Å². The molecule has 8 heteroatoms. The van der Waals surface area contributed by atoms with Crippen LogP contribution < -0.4 is 11.1 Å². The maximum Gasteiger partial charge on any atom is 0.268 e. The Balaban J connectivity index is 2.90. The van der Waals surface area contributed by atoms with Crippen LogP contribution >= 0.6 is 11.3 Å². The van der Waals surface area contributed by atoms with E-state index in [-0.39, 0.29) is 30.2 Å². The van der Waals surface area contributed by atoms with E-state index >= 15 is 0 Å². The number of likely N-dealkylation sites (N-methyl/N-ethyl adjacent to an activating group) is 2. The molecular formula is C13H23N5O2S. The second kappa shape index (κ2) is 7.26. The van der Waals surface area contributed by atoms with Crippen molar-refractivity contribution in [3.63, 3.8) is 0 Å². The molecule has 0 aromatic carbocycles. The largest absolute Gasteiger partial charge is 0.382 e. The molecule has 0 fully saturated rings. The molecule has 1 aromatic rings. The van der Waals surface area contributed by atoms with E-state index in [1.807, 2.05) is 20.8 Å². The lowest BCUT2D eigenvalue weighted by Crippen LogP contribution is -2.40. The first kappa shape index (κ1) is 17.2. The molecule has 0 bridgehead atoms. The van der Waals surface area contributed by atoms with Gasteiger partial charge in [-0.3, -0.25) is 9.59 Å². The number of nitrogens with zero attached hydrogens (tertiary/aromatic N) is 3. The summed E-state index contributed by atoms with van der Waals surface area (Å²) in [4.78, 5) is 31.7. The highest BCUT2D eigenvalue weighted by molar-refractivity contribution is 7.18. The Morgan fingerprint density at radius 1 is 1.38 bits per heavy atom. The number of carbonyl (C=O) groups is 2. The minimum atomic E-state index is -0.264. The van der Waals surface area contributed by atoms with Crippen LogP contribution in [0.5, 0.6) is 0 Å². The van der Waals surface area contributed by atoms with Crippen molar-refractivity contribution in [2.75, 3.05) is 38.2 Å². The fourth-order valence-electron chi connectivity index (χ4n) is 1.57. The normalized spacial score (nSPS) is 10.6. The van der Waals surface area contributed by atoms with Crippen molar-refractivity contribution in [3.8, 4) is 0 Å². The van der Waals surface area contributed by atoms with E-state index in [4.69, 9.17) is 5.73 Å². The minimum Gasteiger partial charge on any atom is -0.382 e. The highest BCUT2D eigenvalue weighted by Gasteiger charge is 2.23. The van der Waals surface area contributed by atoms with Crippen LogP contribution in [-0.2, 0) is 4.79 Å². The monoisotopic (exact) mass is 313 g/mol. The number of hydrogen-bond donors (Lipinski definition) is 2. The lowest BCUT2D eigenvalue weighted by Gasteiger charge is -2.21. The Morgan fingerprint density at radius 2 is 2.00 bits per heavy atom. The smallest absolute Gasteiger partial charge is 0.268 e. The molecule has 3 N–H and O–H groups in total. The molecule has 0 aliphatic rings. The number of carbonyl (C=O) groups excluding carboxylic acids is 2. The zero-order chi connectivity index (χ0) is 16.2. The molecule has 0 radical (unpaired) electrons. The average Bonchev–Trinajstić information content (AvgIpc) is 2.74. The van der Waals surface area contributed by atoms with Crippen molar-refractivity contribution in [1.29, 1.82) is 0 Å². The van der Waals surface area contributed by atoms with Gasteiger partial charge in [0, 0.05) is 26.7 Å². The van der Waals surface area contributed by atoms with Gasteiger partial charge >= 0.3 is 0 Å². The van der Waals surface area contributed by atoms with E-state index in [2.05, 4.69) is 10.3 Å². The van der Waals surface area contributed by atoms with Gasteiger partial charge in [0.1, 0.15) is 17.2 Å². The number of nitrogens with one attached hydrogen (secondary N) is 1. The van der Waals surface area contributed by atoms with E-state index in [0.717, 1.165) is 0 Å². The molecule has 1 heterocycles. The summed E-state index contributed by atoms with van der Waals surface area (Å²) in [6.45, 7) is 6.25. The molecule has 7 nitrogen and oxygen atoms in total. The van der Waals surface area contributed by atoms with Gasteiger partial charge in [-0.15, -0.1) is 0 Å². The summed E-state index contributed by atoms with van der Waals surface area (Å²) in [5.74, 6) is -0.197. The summed E-state index contributed by atoms with van der Waals surface area (Å²) in [7, 11) is 3.32. The first-order valence-electron chi connectivity index (χ1n) is 6.78. The number of hydrogen-bond acceptors (Lipinski definition) is 6. The third-order valence-electron chi connectivity index (χ3n) is 2.75. The Labute approximate surface area is 129 Å². The summed E-state index contributed by atoms with van der Waals surface area (Å²) in [6.07, 6.45) is 0. The zero-order valence-electron chi connectivity index (χ0n) is 13.1. The van der Waals surface area contributed by atoms with Crippen molar-refractivity contribution in [1.82, 2.24) is 14.8 Å². The van der Waals surface area contributed by atoms with Crippen molar-refractivity contribution < 1.29 is 9.59 Å². The number of rotatable bonds is 6. The number of nitrogens with two attached hydrogens (primary N) is 1. The predicted octanol–water partition coefficient (Wildman–Crippen LogP) is 1.10. The van der Waals surface area contributed by atoms with Gasteiger partial charge in [-0.2, -0.15) is 0 Å². The van der Waals surface area contributed by atoms with E-state index in [1.165, 1.54) is 21.1 Å². The van der Waals surface area contributed by atoms with Crippen molar-refractivity contribution in [2.45, 2.75) is 26.8 Å². The second-order valence-corrected chi connectivity index (χ2v) is 6.14. The third-order valence-corrected chi connectivity index (χ3v) is 3.74. The molecule has 1 rings (SSSR count). The van der Waals surface area contributed by atoms with Gasteiger partial charge in [0.05, 0.1) is 0 Å². The standard InChI is InChI=1S/C13H23N5O2S/c1-6-18(7-9(19)17(4)5)12(20)10-11(14)16-13(21-10)15-8(2)3/h8H,6-7,14H2,1-5H3,(H,15,16). The van der Waals surface area contributed by atoms with Gasteiger partial charge in [0.25, 0.3) is 5.91 Å². The van der Waals surface area contributed by atoms with Crippen LogP contribution in [0.2, 0.25) is 0 Å². The molecular weight excluding hydrogens is 290 g/mol. The van der Waals surface area contributed by atoms with Crippen molar-refractivity contribution in [3.05, 3.63) is 4.88 Å². The van der Waals surface area contributed by atoms with E-state index < -0.39 is 0 Å². The molecule has 0 saturated heterocycles. The summed E-state index contributed by atoms with van der Waals surface area (Å²) in [5.41, 5.74) is 5.82. The lowest BCUT2D eigenvalue weighted by atomic mass is 10.3. The third kappa shape index (κ3) is 4.59. The number of anilines is 2. The molecule has 0 aliphatic carbocycles. The molecule has 0 unspecified atom stereocenters. The first-order chi connectivity index (χ1) is 9.76. The van der Waals surface area contributed by atoms with Crippen molar-refractivity contribution in [2.24, 2.45) is 0 Å². The summed E-state index contributed by atoms with van der Waals surface area (Å²) < 4.78 is 0. The molecule has 118 valence electrons. The minimum absolute atomic E-state index is 0.0343. The zero-order valence-corrected chi connectivity index (χ0v) is 14.0. The van der Waals surface area contributed by atoms with Gasteiger partial charge < -0.3 is 20.9 Å². The lowest BCUT2D eigenvalue weighted by molar-refractivity contribution is -0.129. The summed E-state index contributed by atoms with van der Waals surface area (Å²) in [6, 6.07) is 0.205. The van der Waals surface area contributed by atoms with E-state index in [1.54, 1.807) is 14.1 Å². The molecule has 0 saturated carbocycles. The molecule has 0 atom stereocenters.